The topological polar surface area (TPSA) is 80.0 Å². The summed E-state index contributed by atoms with van der Waals surface area (Å²) in [7, 11) is 0. The molecule has 1 fully saturated rings. The van der Waals surface area contributed by atoms with Crippen LogP contribution in [0.3, 0.4) is 0 Å². The zero-order chi connectivity index (χ0) is 18.1. The maximum Gasteiger partial charge on any atom is 0.230 e. The fraction of sp³-hybridized carbons (Fsp3) is 0.389. The summed E-state index contributed by atoms with van der Waals surface area (Å²) in [5.74, 6) is 1.18. The van der Waals surface area contributed by atoms with E-state index >= 15 is 0 Å². The molecular weight excluding hydrogens is 352 g/mol. The van der Waals surface area contributed by atoms with Gasteiger partial charge in [-0.1, -0.05) is 23.5 Å². The lowest BCUT2D eigenvalue weighted by Crippen LogP contribution is -2.37. The first-order valence-corrected chi connectivity index (χ1v) is 9.49. The molecule has 2 aromatic heterocycles. The first-order valence-electron chi connectivity index (χ1n) is 8.67. The van der Waals surface area contributed by atoms with Crippen LogP contribution in [0.2, 0.25) is 0 Å². The van der Waals surface area contributed by atoms with Gasteiger partial charge in [0.1, 0.15) is 17.9 Å². The number of hydrogen-bond donors (Lipinski definition) is 1. The minimum absolute atomic E-state index is 0.103. The van der Waals surface area contributed by atoms with Crippen LogP contribution in [0.4, 0.5) is 0 Å². The Bertz CT molecular complexity index is 926. The Morgan fingerprint density at radius 1 is 1.35 bits per heavy atom. The molecule has 1 unspecified atom stereocenters. The normalized spacial score (nSPS) is 16.9. The van der Waals surface area contributed by atoms with Crippen molar-refractivity contribution in [3.8, 4) is 11.6 Å². The van der Waals surface area contributed by atoms with Crippen LogP contribution in [0, 0.1) is 0 Å². The molecule has 26 heavy (non-hydrogen) atoms. The molecule has 0 radical (unpaired) electrons. The second kappa shape index (κ2) is 7.05. The predicted molar refractivity (Wildman–Crippen MR) is 97.8 cm³/mol. The summed E-state index contributed by atoms with van der Waals surface area (Å²) in [5, 5.41) is 14.8. The van der Waals surface area contributed by atoms with Gasteiger partial charge in [0, 0.05) is 25.9 Å². The summed E-state index contributed by atoms with van der Waals surface area (Å²) >= 11 is 1.42. The number of nitrogens with zero attached hydrogens (tertiary/aromatic N) is 4. The molecule has 8 heteroatoms. The minimum atomic E-state index is -0.169. The van der Waals surface area contributed by atoms with Gasteiger partial charge < -0.3 is 9.84 Å². The number of carbonyl (C=O) groups is 1. The van der Waals surface area contributed by atoms with Crippen molar-refractivity contribution in [2.24, 2.45) is 0 Å². The Morgan fingerprint density at radius 2 is 2.15 bits per heavy atom. The van der Waals surface area contributed by atoms with Crippen molar-refractivity contribution in [3.63, 3.8) is 0 Å². The van der Waals surface area contributed by atoms with Gasteiger partial charge in [-0.2, -0.15) is 9.61 Å². The van der Waals surface area contributed by atoms with Crippen molar-refractivity contribution in [1.29, 1.82) is 0 Å². The van der Waals surface area contributed by atoms with E-state index in [1.807, 2.05) is 31.2 Å². The molecule has 136 valence electrons. The molecule has 0 amide bonds. The van der Waals surface area contributed by atoms with E-state index in [9.17, 15) is 9.90 Å². The molecular formula is C18H20N4O3S. The number of Topliss-reactive ketones (excluding diaryl/α,β-unsaturated/α-hetero) is 1. The molecule has 1 aromatic carbocycles. The summed E-state index contributed by atoms with van der Waals surface area (Å²) in [5.41, 5.74) is 1.02. The Labute approximate surface area is 154 Å². The van der Waals surface area contributed by atoms with E-state index in [2.05, 4.69) is 15.0 Å². The van der Waals surface area contributed by atoms with Crippen molar-refractivity contribution in [3.05, 3.63) is 41.0 Å². The largest absolute Gasteiger partial charge is 0.494 e. The number of benzene rings is 1. The van der Waals surface area contributed by atoms with Crippen LogP contribution < -0.4 is 4.74 Å². The van der Waals surface area contributed by atoms with Crippen molar-refractivity contribution < 1.29 is 14.6 Å². The van der Waals surface area contributed by atoms with E-state index in [1.54, 1.807) is 0 Å². The van der Waals surface area contributed by atoms with Crippen LogP contribution >= 0.6 is 11.3 Å². The van der Waals surface area contributed by atoms with Crippen LogP contribution in [-0.4, -0.2) is 50.1 Å². The second-order valence-corrected chi connectivity index (χ2v) is 7.24. The third-order valence-electron chi connectivity index (χ3n) is 4.59. The summed E-state index contributed by atoms with van der Waals surface area (Å²) in [6.45, 7) is 3.87. The summed E-state index contributed by atoms with van der Waals surface area (Å²) in [6, 6.07) is 7.74. The number of ether oxygens (including phenoxy) is 1. The molecule has 1 aliphatic rings. The summed E-state index contributed by atoms with van der Waals surface area (Å²) in [6.07, 6.45) is 2.49. The zero-order valence-corrected chi connectivity index (χ0v) is 15.3. The highest BCUT2D eigenvalue weighted by Crippen LogP contribution is 2.41. The Morgan fingerprint density at radius 3 is 2.88 bits per heavy atom. The highest BCUT2D eigenvalue weighted by Gasteiger charge is 2.31. The molecule has 1 atom stereocenters. The van der Waals surface area contributed by atoms with Gasteiger partial charge in [0.25, 0.3) is 0 Å². The van der Waals surface area contributed by atoms with Crippen LogP contribution in [0.5, 0.6) is 11.6 Å². The first kappa shape index (κ1) is 17.0. The summed E-state index contributed by atoms with van der Waals surface area (Å²) < 4.78 is 7.10. The van der Waals surface area contributed by atoms with Crippen molar-refractivity contribution in [2.45, 2.75) is 25.8 Å². The van der Waals surface area contributed by atoms with Crippen molar-refractivity contribution >= 4 is 22.1 Å². The molecule has 0 bridgehead atoms. The number of thiazole rings is 1. The number of rotatable bonds is 5. The van der Waals surface area contributed by atoms with Gasteiger partial charge in [-0.05, 0) is 24.6 Å². The Balaban J connectivity index is 1.78. The lowest BCUT2D eigenvalue weighted by atomic mass is 9.99. The molecule has 1 aliphatic heterocycles. The van der Waals surface area contributed by atoms with Crippen molar-refractivity contribution in [2.75, 3.05) is 19.7 Å². The van der Waals surface area contributed by atoms with Gasteiger partial charge in [0.15, 0.2) is 0 Å². The first-order chi connectivity index (χ1) is 12.7. The maximum absolute atomic E-state index is 11.7. The highest BCUT2D eigenvalue weighted by atomic mass is 32.1. The predicted octanol–water partition coefficient (Wildman–Crippen LogP) is 2.65. The molecule has 0 saturated carbocycles. The molecule has 0 spiro atoms. The van der Waals surface area contributed by atoms with E-state index in [0.29, 0.717) is 37.5 Å². The fourth-order valence-corrected chi connectivity index (χ4v) is 4.46. The molecule has 3 heterocycles. The van der Waals surface area contributed by atoms with Gasteiger partial charge in [0.05, 0.1) is 17.5 Å². The van der Waals surface area contributed by atoms with E-state index < -0.39 is 0 Å². The van der Waals surface area contributed by atoms with Crippen molar-refractivity contribution in [1.82, 2.24) is 19.5 Å². The number of piperidine rings is 1. The minimum Gasteiger partial charge on any atom is -0.494 e. The third kappa shape index (κ3) is 3.06. The molecule has 7 nitrogen and oxygen atoms in total. The molecule has 1 N–H and O–H groups in total. The second-order valence-electron chi connectivity index (χ2n) is 6.23. The van der Waals surface area contributed by atoms with Gasteiger partial charge >= 0.3 is 0 Å². The third-order valence-corrected chi connectivity index (χ3v) is 5.68. The number of ketones is 1. The monoisotopic (exact) mass is 372 g/mol. The highest BCUT2D eigenvalue weighted by molar-refractivity contribution is 7.17. The van der Waals surface area contributed by atoms with E-state index in [-0.39, 0.29) is 17.7 Å². The van der Waals surface area contributed by atoms with Crippen LogP contribution in [0.1, 0.15) is 36.2 Å². The number of hydrogen-bond acceptors (Lipinski definition) is 7. The van der Waals surface area contributed by atoms with Gasteiger partial charge in [-0.15, -0.1) is 0 Å². The number of aromatic hydroxyl groups is 1. The molecule has 3 aromatic rings. The van der Waals surface area contributed by atoms with Gasteiger partial charge in [0.2, 0.25) is 10.8 Å². The Kier molecular flexibility index (Phi) is 4.60. The quantitative estimate of drug-likeness (QED) is 0.742. The van der Waals surface area contributed by atoms with Gasteiger partial charge in [-0.3, -0.25) is 9.69 Å². The molecule has 4 rings (SSSR count). The lowest BCUT2D eigenvalue weighted by molar-refractivity contribution is -0.121. The lowest BCUT2D eigenvalue weighted by Gasteiger charge is -2.33. The zero-order valence-electron chi connectivity index (χ0n) is 14.5. The smallest absolute Gasteiger partial charge is 0.230 e. The SMILES string of the molecule is CCOc1cccc(C(c2sc3ncnn3c2O)N2CCC(=O)CC2)c1. The number of aromatic nitrogens is 3. The van der Waals surface area contributed by atoms with E-state index in [0.717, 1.165) is 16.2 Å². The number of fused-ring (bicyclic) bond motifs is 1. The number of likely N-dealkylation sites (tertiary alicyclic amines) is 1. The van der Waals surface area contributed by atoms with E-state index in [4.69, 9.17) is 4.74 Å². The standard InChI is InChI=1S/C18H20N4O3S/c1-2-25-14-5-3-4-12(10-14)15(21-8-6-13(23)7-9-21)16-17(24)22-18(26-16)19-11-20-22/h3-5,10-11,15,24H,2,6-9H2,1H3. The molecule has 1 saturated heterocycles. The number of carbonyl (C=O) groups excluding carboxylic acids is 1. The van der Waals surface area contributed by atoms with Crippen LogP contribution in [0.25, 0.3) is 4.96 Å². The van der Waals surface area contributed by atoms with Crippen LogP contribution in [-0.2, 0) is 4.79 Å². The average Bonchev–Trinajstić information content (AvgIpc) is 3.22. The van der Waals surface area contributed by atoms with Crippen LogP contribution in [0.15, 0.2) is 30.6 Å². The van der Waals surface area contributed by atoms with Gasteiger partial charge in [-0.25, -0.2) is 4.98 Å². The maximum atomic E-state index is 11.7. The Hall–Kier alpha value is -2.45. The molecule has 0 aliphatic carbocycles. The average molecular weight is 372 g/mol. The fourth-order valence-electron chi connectivity index (χ4n) is 3.37. The summed E-state index contributed by atoms with van der Waals surface area (Å²) in [4.78, 5) is 19.6. The van der Waals surface area contributed by atoms with E-state index in [1.165, 1.54) is 22.2 Å².